The molecule has 0 bridgehead atoms. The first-order chi connectivity index (χ1) is 12.3. The minimum Gasteiger partial charge on any atom is -0.490 e. The SMILES string of the molecule is CN1CCC(Oc2ccccc2-c2n[nH]c(C3CCCCN3)n2)CC1. The van der Waals surface area contributed by atoms with Crippen molar-refractivity contribution >= 4 is 0 Å². The van der Waals surface area contributed by atoms with Crippen LogP contribution in [-0.2, 0) is 0 Å². The average molecular weight is 341 g/mol. The van der Waals surface area contributed by atoms with E-state index in [1.54, 1.807) is 0 Å². The van der Waals surface area contributed by atoms with Crippen molar-refractivity contribution in [3.8, 4) is 17.1 Å². The Morgan fingerprint density at radius 3 is 2.76 bits per heavy atom. The number of para-hydroxylation sites is 1. The second kappa shape index (κ2) is 7.54. The quantitative estimate of drug-likeness (QED) is 0.895. The summed E-state index contributed by atoms with van der Waals surface area (Å²) in [6.45, 7) is 3.23. The molecule has 25 heavy (non-hydrogen) atoms. The number of nitrogens with zero attached hydrogens (tertiary/aromatic N) is 3. The molecule has 1 aromatic heterocycles. The predicted octanol–water partition coefficient (Wildman–Crippen LogP) is 2.76. The van der Waals surface area contributed by atoms with Crippen molar-refractivity contribution in [1.82, 2.24) is 25.4 Å². The summed E-state index contributed by atoms with van der Waals surface area (Å²) in [5.74, 6) is 2.55. The van der Waals surface area contributed by atoms with Crippen molar-refractivity contribution in [2.24, 2.45) is 0 Å². The van der Waals surface area contributed by atoms with Crippen molar-refractivity contribution in [2.75, 3.05) is 26.7 Å². The number of aromatic nitrogens is 3. The molecule has 2 aromatic rings. The summed E-state index contributed by atoms with van der Waals surface area (Å²) in [7, 11) is 2.17. The lowest BCUT2D eigenvalue weighted by molar-refractivity contribution is 0.115. The number of likely N-dealkylation sites (tertiary alicyclic amines) is 1. The molecule has 0 aliphatic carbocycles. The lowest BCUT2D eigenvalue weighted by Gasteiger charge is -2.29. The van der Waals surface area contributed by atoms with Crippen LogP contribution >= 0.6 is 0 Å². The van der Waals surface area contributed by atoms with Crippen LogP contribution in [0.25, 0.3) is 11.4 Å². The summed E-state index contributed by atoms with van der Waals surface area (Å²) < 4.78 is 6.31. The molecule has 0 amide bonds. The van der Waals surface area contributed by atoms with Crippen molar-refractivity contribution < 1.29 is 4.74 Å². The molecular weight excluding hydrogens is 314 g/mol. The van der Waals surface area contributed by atoms with Crippen LogP contribution < -0.4 is 10.1 Å². The van der Waals surface area contributed by atoms with Gasteiger partial charge in [0.05, 0.1) is 11.6 Å². The lowest BCUT2D eigenvalue weighted by atomic mass is 10.0. The number of H-pyrrole nitrogens is 1. The van der Waals surface area contributed by atoms with Gasteiger partial charge < -0.3 is 15.0 Å². The molecule has 0 saturated carbocycles. The first kappa shape index (κ1) is 16.5. The Morgan fingerprint density at radius 1 is 1.12 bits per heavy atom. The van der Waals surface area contributed by atoms with Gasteiger partial charge in [-0.15, -0.1) is 0 Å². The zero-order valence-electron chi connectivity index (χ0n) is 14.9. The van der Waals surface area contributed by atoms with Crippen molar-refractivity contribution in [3.63, 3.8) is 0 Å². The predicted molar refractivity (Wildman–Crippen MR) is 97.6 cm³/mol. The normalized spacial score (nSPS) is 22.8. The molecule has 6 heteroatoms. The third-order valence-electron chi connectivity index (χ3n) is 5.23. The third-order valence-corrected chi connectivity index (χ3v) is 5.23. The summed E-state index contributed by atoms with van der Waals surface area (Å²) in [6, 6.07) is 8.40. The highest BCUT2D eigenvalue weighted by molar-refractivity contribution is 5.63. The van der Waals surface area contributed by atoms with Gasteiger partial charge in [-0.05, 0) is 51.4 Å². The second-order valence-corrected chi connectivity index (χ2v) is 7.16. The first-order valence-corrected chi connectivity index (χ1v) is 9.40. The number of ether oxygens (including phenoxy) is 1. The Hall–Kier alpha value is -1.92. The van der Waals surface area contributed by atoms with Gasteiger partial charge in [0.1, 0.15) is 17.7 Å². The molecule has 2 saturated heterocycles. The second-order valence-electron chi connectivity index (χ2n) is 7.16. The van der Waals surface area contributed by atoms with Crippen LogP contribution in [0.3, 0.4) is 0 Å². The van der Waals surface area contributed by atoms with E-state index in [0.717, 1.165) is 61.9 Å². The molecule has 4 rings (SSSR count). The van der Waals surface area contributed by atoms with Crippen LogP contribution in [0.2, 0.25) is 0 Å². The van der Waals surface area contributed by atoms with Gasteiger partial charge in [-0.3, -0.25) is 5.10 Å². The summed E-state index contributed by atoms with van der Waals surface area (Å²) in [6.07, 6.45) is 6.00. The van der Waals surface area contributed by atoms with Crippen LogP contribution in [0.15, 0.2) is 24.3 Å². The molecule has 1 aromatic carbocycles. The van der Waals surface area contributed by atoms with Crippen LogP contribution in [0.5, 0.6) is 5.75 Å². The van der Waals surface area contributed by atoms with E-state index in [2.05, 4.69) is 27.5 Å². The number of rotatable bonds is 4. The monoisotopic (exact) mass is 341 g/mol. The number of aromatic amines is 1. The van der Waals surface area contributed by atoms with Crippen molar-refractivity contribution in [3.05, 3.63) is 30.1 Å². The van der Waals surface area contributed by atoms with E-state index >= 15 is 0 Å². The van der Waals surface area contributed by atoms with Gasteiger partial charge in [-0.25, -0.2) is 4.98 Å². The van der Waals surface area contributed by atoms with E-state index in [0.29, 0.717) is 0 Å². The average Bonchev–Trinajstić information content (AvgIpc) is 3.15. The number of hydrogen-bond donors (Lipinski definition) is 2. The fraction of sp³-hybridized carbons (Fsp3) is 0.579. The summed E-state index contributed by atoms with van der Waals surface area (Å²) in [4.78, 5) is 7.10. The van der Waals surface area contributed by atoms with Crippen LogP contribution in [-0.4, -0.2) is 52.9 Å². The fourth-order valence-electron chi connectivity index (χ4n) is 3.67. The number of piperidine rings is 2. The maximum Gasteiger partial charge on any atom is 0.184 e. The van der Waals surface area contributed by atoms with E-state index in [1.807, 2.05) is 24.3 Å². The standard InChI is InChI=1S/C19H27N5O/c1-24-12-9-14(10-13-24)25-17-8-3-2-6-15(17)18-21-19(23-22-18)16-7-4-5-11-20-16/h2-3,6,8,14,16,20H,4-5,7,9-13H2,1H3,(H,21,22,23). The smallest absolute Gasteiger partial charge is 0.184 e. The zero-order valence-corrected chi connectivity index (χ0v) is 14.9. The molecule has 2 N–H and O–H groups in total. The Morgan fingerprint density at radius 2 is 1.96 bits per heavy atom. The largest absolute Gasteiger partial charge is 0.490 e. The molecule has 0 radical (unpaired) electrons. The van der Waals surface area contributed by atoms with Crippen molar-refractivity contribution in [1.29, 1.82) is 0 Å². The molecular formula is C19H27N5O. The molecule has 2 aliphatic rings. The van der Waals surface area contributed by atoms with Gasteiger partial charge in [-0.2, -0.15) is 5.10 Å². The highest BCUT2D eigenvalue weighted by atomic mass is 16.5. The van der Waals surface area contributed by atoms with E-state index in [1.165, 1.54) is 12.8 Å². The zero-order chi connectivity index (χ0) is 17.1. The Kier molecular flexibility index (Phi) is 4.99. The van der Waals surface area contributed by atoms with Crippen LogP contribution in [0.4, 0.5) is 0 Å². The molecule has 1 unspecified atom stereocenters. The highest BCUT2D eigenvalue weighted by Crippen LogP contribution is 2.30. The Bertz CT molecular complexity index is 687. The maximum atomic E-state index is 6.31. The minimum atomic E-state index is 0.274. The van der Waals surface area contributed by atoms with Crippen LogP contribution in [0, 0.1) is 0 Å². The number of nitrogens with one attached hydrogen (secondary N) is 2. The lowest BCUT2D eigenvalue weighted by Crippen LogP contribution is -2.35. The van der Waals surface area contributed by atoms with Crippen LogP contribution in [0.1, 0.15) is 44.0 Å². The Labute approximate surface area is 149 Å². The summed E-state index contributed by atoms with van der Waals surface area (Å²) >= 11 is 0. The van der Waals surface area contributed by atoms with Gasteiger partial charge in [0.15, 0.2) is 5.82 Å². The van der Waals surface area contributed by atoms with Crippen molar-refractivity contribution in [2.45, 2.75) is 44.2 Å². The van der Waals surface area contributed by atoms with E-state index in [-0.39, 0.29) is 12.1 Å². The molecule has 3 heterocycles. The van der Waals surface area contributed by atoms with E-state index in [4.69, 9.17) is 9.72 Å². The Balaban J connectivity index is 1.51. The summed E-state index contributed by atoms with van der Waals surface area (Å²) in [5.41, 5.74) is 0.972. The van der Waals surface area contributed by atoms with E-state index in [9.17, 15) is 0 Å². The molecule has 1 atom stereocenters. The first-order valence-electron chi connectivity index (χ1n) is 9.40. The molecule has 6 nitrogen and oxygen atoms in total. The molecule has 134 valence electrons. The summed E-state index contributed by atoms with van der Waals surface area (Å²) in [5, 5.41) is 11.1. The van der Waals surface area contributed by atoms with Gasteiger partial charge in [0.25, 0.3) is 0 Å². The maximum absolute atomic E-state index is 6.31. The topological polar surface area (TPSA) is 66.1 Å². The number of hydrogen-bond acceptors (Lipinski definition) is 5. The molecule has 2 fully saturated rings. The van der Waals surface area contributed by atoms with Gasteiger partial charge in [0.2, 0.25) is 0 Å². The van der Waals surface area contributed by atoms with Gasteiger partial charge in [0, 0.05) is 13.1 Å². The molecule has 2 aliphatic heterocycles. The van der Waals surface area contributed by atoms with E-state index < -0.39 is 0 Å². The minimum absolute atomic E-state index is 0.274. The number of benzene rings is 1. The molecule has 0 spiro atoms. The fourth-order valence-corrected chi connectivity index (χ4v) is 3.67. The van der Waals surface area contributed by atoms with Gasteiger partial charge in [-0.1, -0.05) is 18.6 Å². The third kappa shape index (κ3) is 3.85. The van der Waals surface area contributed by atoms with Gasteiger partial charge >= 0.3 is 0 Å². The highest BCUT2D eigenvalue weighted by Gasteiger charge is 2.22.